The summed E-state index contributed by atoms with van der Waals surface area (Å²) in [7, 11) is -0.337. The molecule has 0 N–H and O–H groups in total. The highest BCUT2D eigenvalue weighted by molar-refractivity contribution is 6.62. The van der Waals surface area contributed by atoms with Crippen molar-refractivity contribution in [1.29, 1.82) is 0 Å². The van der Waals surface area contributed by atoms with Gasteiger partial charge in [0, 0.05) is 22.3 Å². The fourth-order valence-corrected chi connectivity index (χ4v) is 16.8. The number of nitrogens with zero attached hydrogens (tertiary/aromatic N) is 6. The summed E-state index contributed by atoms with van der Waals surface area (Å²) in [4.78, 5) is 27.5. The molecule has 20 aromatic rings. The highest BCUT2D eigenvalue weighted by atomic mass is 35.5. The van der Waals surface area contributed by atoms with Crippen molar-refractivity contribution in [2.45, 2.75) is 38.9 Å². The zero-order valence-electron chi connectivity index (χ0n) is 72.8. The number of benzene rings is 18. The molecule has 0 aliphatic carbocycles. The minimum atomic E-state index is -0.337. The van der Waals surface area contributed by atoms with Gasteiger partial charge in [-0.1, -0.05) is 419 Å². The van der Waals surface area contributed by atoms with E-state index in [1.165, 1.54) is 100 Å². The quantitative estimate of drug-likeness (QED) is 0.0784. The molecule has 628 valence electrons. The Kier molecular flexibility index (Phi) is 25.1. The number of hydrogen-bond acceptors (Lipinski definition) is 8. The monoisotopic (exact) mass is 1730 g/mol. The van der Waals surface area contributed by atoms with Gasteiger partial charge in [0.15, 0.2) is 23.3 Å². The third-order valence-electron chi connectivity index (χ3n) is 24.3. The van der Waals surface area contributed by atoms with Crippen LogP contribution in [0.3, 0.4) is 0 Å². The minimum absolute atomic E-state index is 0.0830. The smallest absolute Gasteiger partial charge is 0.399 e. The third kappa shape index (κ3) is 20.0. The minimum Gasteiger partial charge on any atom is -0.399 e. The van der Waals surface area contributed by atoms with E-state index in [1.54, 1.807) is 0 Å². The molecule has 18 aromatic carbocycles. The van der Waals surface area contributed by atoms with Crippen LogP contribution in [0.25, 0.3) is 190 Å². The van der Waals surface area contributed by atoms with E-state index >= 15 is 0 Å². The van der Waals surface area contributed by atoms with E-state index in [9.17, 15) is 0 Å². The molecule has 0 bridgehead atoms. The molecule has 3 heterocycles. The zero-order valence-corrected chi connectivity index (χ0v) is 74.3. The van der Waals surface area contributed by atoms with Gasteiger partial charge in [-0.15, -0.1) is 0 Å². The molecule has 1 aliphatic heterocycles. The normalized spacial score (nSPS) is 12.4. The van der Waals surface area contributed by atoms with Crippen molar-refractivity contribution < 1.29 is 9.31 Å². The van der Waals surface area contributed by atoms with Gasteiger partial charge in [0.05, 0.1) is 11.2 Å². The van der Waals surface area contributed by atoms with Crippen molar-refractivity contribution in [3.8, 4) is 190 Å². The first-order valence-electron chi connectivity index (χ1n) is 44.0. The van der Waals surface area contributed by atoms with E-state index in [1.807, 2.05) is 42.5 Å². The van der Waals surface area contributed by atoms with Crippen LogP contribution >= 0.6 is 23.2 Å². The molecule has 0 amide bonds. The molecule has 2 aromatic heterocycles. The molecule has 11 heteroatoms. The molecule has 8 nitrogen and oxygen atoms in total. The van der Waals surface area contributed by atoms with Gasteiger partial charge in [0.1, 0.15) is 0 Å². The molecule has 0 spiro atoms. The fraction of sp³-hybridized carbons (Fsp3) is 0.0500. The van der Waals surface area contributed by atoms with Gasteiger partial charge in [0.2, 0.25) is 10.6 Å². The lowest BCUT2D eigenvalue weighted by molar-refractivity contribution is 0.00578. The van der Waals surface area contributed by atoms with Crippen LogP contribution in [0.1, 0.15) is 27.7 Å². The Morgan fingerprint density at radius 1 is 0.160 bits per heavy atom. The maximum Gasteiger partial charge on any atom is 0.494 e. The summed E-state index contributed by atoms with van der Waals surface area (Å²) >= 11 is 11.7. The molecule has 1 saturated heterocycles. The standard InChI is InChI=1S/C69H47N3.C30H29BO2.C21H13Cl2N3/c1-4-15-48(16-5-1)57-21-10-24-60(43-57)51-31-37-54(38-32-51)67-70-68(55-39-33-52(34-40-55)61-25-13-29-65(46-61)63-27-11-22-58(44-63)49-17-6-2-7-18-49)72-69(71-67)56-41-35-53(36-42-56)62-26-14-30-66(47-62)64-28-12-23-59(45-64)50-19-8-3-9-20-50;1-29(2)30(3,4)33-31(32-29)28-18-16-23(17-19-28)25-13-9-15-27(21-25)26-14-8-12-24(20-26)22-10-6-5-7-11-22;22-20-24-19(25-21(23)26-20)16-11-9-15(10-12-16)18-8-4-7-17(13-18)14-5-2-1-3-6-14/h1-47H;5-21H,1-4H3;1-13H. The lowest BCUT2D eigenvalue weighted by atomic mass is 9.78. The van der Waals surface area contributed by atoms with E-state index < -0.39 is 0 Å². The van der Waals surface area contributed by atoms with Gasteiger partial charge < -0.3 is 9.31 Å². The zero-order chi connectivity index (χ0) is 89.0. The topological polar surface area (TPSA) is 95.8 Å². The van der Waals surface area contributed by atoms with Crippen LogP contribution in [0.5, 0.6) is 0 Å². The van der Waals surface area contributed by atoms with Gasteiger partial charge in [0.25, 0.3) is 0 Å². The lowest BCUT2D eigenvalue weighted by Gasteiger charge is -2.32. The highest BCUT2D eigenvalue weighted by Crippen LogP contribution is 2.41. The number of halogens is 2. The Hall–Kier alpha value is -15.5. The van der Waals surface area contributed by atoms with Crippen molar-refractivity contribution >= 4 is 35.8 Å². The van der Waals surface area contributed by atoms with Gasteiger partial charge >= 0.3 is 7.12 Å². The first-order valence-corrected chi connectivity index (χ1v) is 44.7. The van der Waals surface area contributed by atoms with Gasteiger partial charge in [-0.2, -0.15) is 15.0 Å². The first kappa shape index (κ1) is 85.0. The van der Waals surface area contributed by atoms with Crippen molar-refractivity contribution in [2.75, 3.05) is 0 Å². The highest BCUT2D eigenvalue weighted by Gasteiger charge is 2.51. The van der Waals surface area contributed by atoms with Crippen LogP contribution in [-0.2, 0) is 9.31 Å². The summed E-state index contributed by atoms with van der Waals surface area (Å²) in [6.07, 6.45) is 0. The third-order valence-corrected chi connectivity index (χ3v) is 24.7. The molecule has 0 unspecified atom stereocenters. The average Bonchev–Trinajstić information content (AvgIpc) is 1.68. The predicted octanol–water partition coefficient (Wildman–Crippen LogP) is 31.4. The molecule has 0 atom stereocenters. The van der Waals surface area contributed by atoms with E-state index in [0.717, 1.165) is 72.2 Å². The second-order valence-electron chi connectivity index (χ2n) is 33.5. The fourth-order valence-electron chi connectivity index (χ4n) is 16.5. The Bertz CT molecular complexity index is 7150. The van der Waals surface area contributed by atoms with Crippen LogP contribution in [0, 0.1) is 0 Å². The SMILES string of the molecule is CC1(C)OB(c2ccc(-c3cccc(-c4cccc(-c5ccccc5)c4)c3)cc2)OC1(C)C.Clc1nc(Cl)nc(-c2ccc(-c3cccc(-c4ccccc4)c3)cc2)n1.c1ccc(-c2cccc(-c3ccc(-c4nc(-c5ccc(-c6cccc(-c7cccc(-c8ccccc8)c7)c6)cc5)nc(-c5ccc(-c6cccc(-c7cccc(-c8ccccc8)c7)c6)cc5)n4)cc3)c2)cc1. The number of rotatable bonds is 18. The van der Waals surface area contributed by atoms with Crippen molar-refractivity contribution in [1.82, 2.24) is 29.9 Å². The molecular formula is C120H89BCl2N6O2. The predicted molar refractivity (Wildman–Crippen MR) is 544 cm³/mol. The molecule has 1 aliphatic rings. The van der Waals surface area contributed by atoms with Crippen molar-refractivity contribution in [2.24, 2.45) is 0 Å². The second-order valence-corrected chi connectivity index (χ2v) is 34.2. The molecular weight excluding hydrogens is 1640 g/mol. The maximum absolute atomic E-state index is 6.20. The second kappa shape index (κ2) is 38.6. The van der Waals surface area contributed by atoms with Gasteiger partial charge in [-0.25, -0.2) is 15.0 Å². The first-order chi connectivity index (χ1) is 64.1. The lowest BCUT2D eigenvalue weighted by Crippen LogP contribution is -2.41. The molecule has 131 heavy (non-hydrogen) atoms. The Labute approximate surface area is 776 Å². The van der Waals surface area contributed by atoms with Crippen LogP contribution < -0.4 is 5.46 Å². The summed E-state index contributed by atoms with van der Waals surface area (Å²) in [5.41, 5.74) is 34.5. The van der Waals surface area contributed by atoms with Crippen molar-refractivity contribution in [3.05, 3.63) is 478 Å². The Morgan fingerprint density at radius 2 is 0.305 bits per heavy atom. The number of hydrogen-bond donors (Lipinski definition) is 0. The van der Waals surface area contributed by atoms with Crippen LogP contribution in [-0.4, -0.2) is 48.2 Å². The van der Waals surface area contributed by atoms with Crippen molar-refractivity contribution in [3.63, 3.8) is 0 Å². The summed E-state index contributed by atoms with van der Waals surface area (Å²) in [5, 5.41) is 0.166. The maximum atomic E-state index is 6.20. The van der Waals surface area contributed by atoms with Gasteiger partial charge in [-0.3, -0.25) is 0 Å². The van der Waals surface area contributed by atoms with Crippen LogP contribution in [0.2, 0.25) is 10.6 Å². The number of aromatic nitrogens is 6. The summed E-state index contributed by atoms with van der Waals surface area (Å²) < 4.78 is 12.4. The molecule has 1 fully saturated rings. The Balaban J connectivity index is 0.000000154. The summed E-state index contributed by atoms with van der Waals surface area (Å²) in [6.45, 7) is 8.33. The van der Waals surface area contributed by atoms with Crippen LogP contribution in [0.15, 0.2) is 467 Å². The van der Waals surface area contributed by atoms with E-state index in [0.29, 0.717) is 23.3 Å². The molecule has 21 rings (SSSR count). The van der Waals surface area contributed by atoms with E-state index in [2.05, 4.69) is 467 Å². The largest absolute Gasteiger partial charge is 0.494 e. The molecule has 0 saturated carbocycles. The van der Waals surface area contributed by atoms with E-state index in [-0.39, 0.29) is 28.9 Å². The average molecular weight is 1730 g/mol. The van der Waals surface area contributed by atoms with Crippen LogP contribution in [0.4, 0.5) is 0 Å². The van der Waals surface area contributed by atoms with Gasteiger partial charge in [-0.05, 0) is 250 Å². The van der Waals surface area contributed by atoms with E-state index in [4.69, 9.17) is 47.5 Å². The Morgan fingerprint density at radius 3 is 0.496 bits per heavy atom. The summed E-state index contributed by atoms with van der Waals surface area (Å²) in [5.74, 6) is 2.30. The summed E-state index contributed by atoms with van der Waals surface area (Å²) in [6, 6.07) is 164. The molecule has 0 radical (unpaired) electrons.